The average molecular weight is 275 g/mol. The van der Waals surface area contributed by atoms with E-state index < -0.39 is 0 Å². The van der Waals surface area contributed by atoms with E-state index in [4.69, 9.17) is 10.3 Å². The van der Waals surface area contributed by atoms with Crippen molar-refractivity contribution in [3.8, 4) is 0 Å². The summed E-state index contributed by atoms with van der Waals surface area (Å²) in [5.74, 6) is 4.36. The van der Waals surface area contributed by atoms with Crippen molar-refractivity contribution in [1.29, 1.82) is 0 Å². The molecule has 1 aromatic heterocycles. The fourth-order valence-corrected chi connectivity index (χ4v) is 5.65. The summed E-state index contributed by atoms with van der Waals surface area (Å²) in [6.45, 7) is 1.82. The monoisotopic (exact) mass is 275 g/mol. The molecule has 0 spiro atoms. The van der Waals surface area contributed by atoms with Gasteiger partial charge in [0.2, 0.25) is 5.89 Å². The van der Waals surface area contributed by atoms with Gasteiger partial charge in [0.1, 0.15) is 0 Å². The number of hydrogen-bond donors (Lipinski definition) is 1. The third-order valence-electron chi connectivity index (χ3n) is 6.03. The van der Waals surface area contributed by atoms with Gasteiger partial charge in [0.15, 0.2) is 5.82 Å². The molecule has 1 atom stereocenters. The quantitative estimate of drug-likeness (QED) is 0.915. The van der Waals surface area contributed by atoms with Crippen molar-refractivity contribution in [2.75, 3.05) is 0 Å². The zero-order valence-electron chi connectivity index (χ0n) is 12.3. The van der Waals surface area contributed by atoms with Crippen molar-refractivity contribution in [1.82, 2.24) is 10.1 Å². The fraction of sp³-hybridized carbons (Fsp3) is 0.875. The topological polar surface area (TPSA) is 64.9 Å². The van der Waals surface area contributed by atoms with Gasteiger partial charge in [-0.25, -0.2) is 0 Å². The molecular formula is C16H25N3O. The third kappa shape index (κ3) is 2.18. The lowest BCUT2D eigenvalue weighted by Gasteiger charge is -2.57. The highest BCUT2D eigenvalue weighted by Gasteiger charge is 2.50. The molecule has 0 radical (unpaired) electrons. The highest BCUT2D eigenvalue weighted by atomic mass is 16.5. The van der Waals surface area contributed by atoms with E-state index in [2.05, 4.69) is 10.1 Å². The first-order valence-corrected chi connectivity index (χ1v) is 8.18. The molecule has 110 valence electrons. The lowest BCUT2D eigenvalue weighted by atomic mass is 9.48. The van der Waals surface area contributed by atoms with Crippen molar-refractivity contribution in [2.45, 2.75) is 64.3 Å². The van der Waals surface area contributed by atoms with Gasteiger partial charge in [-0.05, 0) is 74.5 Å². The van der Waals surface area contributed by atoms with Gasteiger partial charge in [-0.15, -0.1) is 0 Å². The molecule has 0 aliphatic heterocycles. The molecule has 4 aliphatic rings. The second kappa shape index (κ2) is 4.55. The maximum Gasteiger partial charge on any atom is 0.223 e. The summed E-state index contributed by atoms with van der Waals surface area (Å²) in [7, 11) is 0. The minimum Gasteiger partial charge on any atom is -0.340 e. The Bertz CT molecular complexity index is 460. The third-order valence-corrected chi connectivity index (χ3v) is 6.03. The van der Waals surface area contributed by atoms with Gasteiger partial charge in [0.25, 0.3) is 0 Å². The maximum atomic E-state index is 6.25. The van der Waals surface area contributed by atoms with Crippen molar-refractivity contribution >= 4 is 0 Å². The number of aryl methyl sites for hydroxylation is 1. The van der Waals surface area contributed by atoms with Gasteiger partial charge in [0, 0.05) is 6.92 Å². The number of nitrogens with two attached hydrogens (primary N) is 1. The predicted octanol–water partition coefficient (Wildman–Crippen LogP) is 3.37. The molecule has 0 saturated heterocycles. The van der Waals surface area contributed by atoms with Gasteiger partial charge in [-0.3, -0.25) is 0 Å². The minimum atomic E-state index is -0.0551. The molecule has 5 rings (SSSR count). The lowest BCUT2D eigenvalue weighted by Crippen LogP contribution is -2.46. The standard InChI is InChI=1S/C16H25N3O/c1-10-18-15(19-20-10)14(17)2-3-16-7-11-4-12(8-16)6-13(5-11)9-16/h11-14H,2-9,17H2,1H3. The van der Waals surface area contributed by atoms with Crippen LogP contribution < -0.4 is 5.73 Å². The molecule has 4 heteroatoms. The summed E-state index contributed by atoms with van der Waals surface area (Å²) in [6, 6.07) is -0.0551. The molecule has 1 aromatic rings. The van der Waals surface area contributed by atoms with Gasteiger partial charge < -0.3 is 10.3 Å². The smallest absolute Gasteiger partial charge is 0.223 e. The summed E-state index contributed by atoms with van der Waals surface area (Å²) < 4.78 is 5.04. The first kappa shape index (κ1) is 12.8. The number of rotatable bonds is 4. The van der Waals surface area contributed by atoms with E-state index in [0.29, 0.717) is 17.1 Å². The maximum absolute atomic E-state index is 6.25. The van der Waals surface area contributed by atoms with Crippen molar-refractivity contribution in [3.63, 3.8) is 0 Å². The Labute approximate surface area is 120 Å². The van der Waals surface area contributed by atoms with E-state index >= 15 is 0 Å². The van der Waals surface area contributed by atoms with Crippen LogP contribution in [0.4, 0.5) is 0 Å². The minimum absolute atomic E-state index is 0.0551. The normalized spacial score (nSPS) is 40.2. The molecule has 4 aliphatic carbocycles. The van der Waals surface area contributed by atoms with E-state index in [-0.39, 0.29) is 6.04 Å². The van der Waals surface area contributed by atoms with Crippen molar-refractivity contribution in [2.24, 2.45) is 28.9 Å². The first-order valence-electron chi connectivity index (χ1n) is 8.18. The number of nitrogens with zero attached hydrogens (tertiary/aromatic N) is 2. The van der Waals surface area contributed by atoms with Crippen molar-refractivity contribution in [3.05, 3.63) is 11.7 Å². The molecule has 2 N–H and O–H groups in total. The van der Waals surface area contributed by atoms with E-state index in [9.17, 15) is 0 Å². The van der Waals surface area contributed by atoms with Crippen LogP contribution in [-0.2, 0) is 0 Å². The summed E-state index contributed by atoms with van der Waals surface area (Å²) in [5.41, 5.74) is 6.85. The predicted molar refractivity (Wildman–Crippen MR) is 75.8 cm³/mol. The average Bonchev–Trinajstić information content (AvgIpc) is 2.81. The van der Waals surface area contributed by atoms with E-state index in [1.54, 1.807) is 0 Å². The second-order valence-electron chi connectivity index (χ2n) is 7.73. The Morgan fingerprint density at radius 1 is 1.20 bits per heavy atom. The van der Waals surface area contributed by atoms with E-state index in [1.165, 1.54) is 44.9 Å². The molecule has 0 amide bonds. The van der Waals surface area contributed by atoms with Crippen LogP contribution in [0.2, 0.25) is 0 Å². The molecule has 20 heavy (non-hydrogen) atoms. The summed E-state index contributed by atoms with van der Waals surface area (Å²) in [6.07, 6.45) is 11.2. The Hall–Kier alpha value is -0.900. The zero-order valence-corrected chi connectivity index (χ0v) is 12.3. The lowest BCUT2D eigenvalue weighted by molar-refractivity contribution is -0.0589. The summed E-state index contributed by atoms with van der Waals surface area (Å²) in [4.78, 5) is 4.27. The molecule has 1 unspecified atom stereocenters. The van der Waals surface area contributed by atoms with Crippen LogP contribution in [0.5, 0.6) is 0 Å². The summed E-state index contributed by atoms with van der Waals surface area (Å²) >= 11 is 0. The van der Waals surface area contributed by atoms with E-state index in [0.717, 1.165) is 24.2 Å². The van der Waals surface area contributed by atoms with Crippen molar-refractivity contribution < 1.29 is 4.52 Å². The van der Waals surface area contributed by atoms with Crippen LogP contribution in [0.15, 0.2) is 4.52 Å². The molecule has 4 nitrogen and oxygen atoms in total. The van der Waals surface area contributed by atoms with Gasteiger partial charge in [0.05, 0.1) is 6.04 Å². The Morgan fingerprint density at radius 2 is 1.80 bits per heavy atom. The van der Waals surface area contributed by atoms with Gasteiger partial charge in [-0.1, -0.05) is 5.16 Å². The SMILES string of the molecule is Cc1nc(C(N)CCC23CC4CC(CC(C4)C2)C3)no1. The second-order valence-corrected chi connectivity index (χ2v) is 7.73. The Morgan fingerprint density at radius 3 is 2.30 bits per heavy atom. The van der Waals surface area contributed by atoms with Crippen LogP contribution in [-0.4, -0.2) is 10.1 Å². The number of hydrogen-bond acceptors (Lipinski definition) is 4. The molecule has 1 heterocycles. The summed E-state index contributed by atoms with van der Waals surface area (Å²) in [5, 5.41) is 3.97. The molecular weight excluding hydrogens is 250 g/mol. The molecule has 4 saturated carbocycles. The molecule has 4 bridgehead atoms. The van der Waals surface area contributed by atoms with Gasteiger partial charge in [-0.2, -0.15) is 4.98 Å². The zero-order chi connectivity index (χ0) is 13.7. The fourth-order valence-electron chi connectivity index (χ4n) is 5.65. The highest BCUT2D eigenvalue weighted by Crippen LogP contribution is 2.61. The van der Waals surface area contributed by atoms with Crippen LogP contribution in [0, 0.1) is 30.1 Å². The molecule has 0 aromatic carbocycles. The van der Waals surface area contributed by atoms with Crippen LogP contribution in [0.1, 0.15) is 69.1 Å². The molecule has 4 fully saturated rings. The highest BCUT2D eigenvalue weighted by molar-refractivity contribution is 5.02. The van der Waals surface area contributed by atoms with Crippen LogP contribution in [0.3, 0.4) is 0 Å². The largest absolute Gasteiger partial charge is 0.340 e. The van der Waals surface area contributed by atoms with Crippen LogP contribution >= 0.6 is 0 Å². The Kier molecular flexibility index (Phi) is 2.92. The van der Waals surface area contributed by atoms with E-state index in [1.807, 2.05) is 6.92 Å². The number of aromatic nitrogens is 2. The van der Waals surface area contributed by atoms with Gasteiger partial charge >= 0.3 is 0 Å². The Balaban J connectivity index is 1.42. The first-order chi connectivity index (χ1) is 9.62. The van der Waals surface area contributed by atoms with Crippen LogP contribution in [0.25, 0.3) is 0 Å².